The SMILES string of the molecule is CCC(C)CN(C)C(C)c1cc(Br)ccc1O. The van der Waals surface area contributed by atoms with Gasteiger partial charge in [-0.05, 0) is 38.1 Å². The molecule has 0 aliphatic carbocycles. The van der Waals surface area contributed by atoms with Crippen molar-refractivity contribution in [1.29, 1.82) is 0 Å². The molecule has 1 N–H and O–H groups in total. The summed E-state index contributed by atoms with van der Waals surface area (Å²) in [6, 6.07) is 5.82. The summed E-state index contributed by atoms with van der Waals surface area (Å²) < 4.78 is 1.01. The molecule has 0 spiro atoms. The number of phenolic OH excluding ortho intramolecular Hbond substituents is 1. The summed E-state index contributed by atoms with van der Waals surface area (Å²) in [5.41, 5.74) is 0.977. The van der Waals surface area contributed by atoms with Crippen LogP contribution >= 0.6 is 15.9 Å². The molecule has 0 aliphatic rings. The second-order valence-electron chi connectivity index (χ2n) is 4.83. The lowest BCUT2D eigenvalue weighted by Crippen LogP contribution is -2.27. The van der Waals surface area contributed by atoms with Crippen molar-refractivity contribution in [2.24, 2.45) is 5.92 Å². The summed E-state index contributed by atoms with van der Waals surface area (Å²) in [5.74, 6) is 1.05. The minimum atomic E-state index is 0.224. The van der Waals surface area contributed by atoms with Crippen LogP contribution in [0.2, 0.25) is 0 Å². The average molecular weight is 300 g/mol. The Kier molecular flexibility index (Phi) is 5.47. The fourth-order valence-corrected chi connectivity index (χ4v) is 2.26. The van der Waals surface area contributed by atoms with Crippen molar-refractivity contribution in [3.63, 3.8) is 0 Å². The van der Waals surface area contributed by atoms with Gasteiger partial charge in [0.25, 0.3) is 0 Å². The molecule has 96 valence electrons. The first-order valence-electron chi connectivity index (χ1n) is 6.14. The Labute approximate surface area is 113 Å². The summed E-state index contributed by atoms with van der Waals surface area (Å²) in [4.78, 5) is 2.29. The molecule has 0 saturated heterocycles. The molecule has 1 rings (SSSR count). The van der Waals surface area contributed by atoms with Gasteiger partial charge in [-0.25, -0.2) is 0 Å². The van der Waals surface area contributed by atoms with Crippen molar-refractivity contribution in [2.45, 2.75) is 33.2 Å². The third-order valence-corrected chi connectivity index (χ3v) is 3.89. The fourth-order valence-electron chi connectivity index (χ4n) is 1.88. The number of nitrogens with zero attached hydrogens (tertiary/aromatic N) is 1. The normalized spacial score (nSPS) is 14.9. The number of rotatable bonds is 5. The fraction of sp³-hybridized carbons (Fsp3) is 0.571. The molecule has 0 aromatic heterocycles. The molecule has 0 radical (unpaired) electrons. The van der Waals surface area contributed by atoms with Gasteiger partial charge in [0, 0.05) is 22.6 Å². The van der Waals surface area contributed by atoms with Crippen molar-refractivity contribution >= 4 is 15.9 Å². The van der Waals surface area contributed by atoms with Crippen LogP contribution in [0.1, 0.15) is 38.8 Å². The Balaban J connectivity index is 2.80. The van der Waals surface area contributed by atoms with E-state index in [0.717, 1.165) is 16.6 Å². The summed E-state index contributed by atoms with van der Waals surface area (Å²) in [7, 11) is 2.11. The molecule has 0 fully saturated rings. The van der Waals surface area contributed by atoms with Crippen molar-refractivity contribution < 1.29 is 5.11 Å². The maximum absolute atomic E-state index is 9.90. The van der Waals surface area contributed by atoms with E-state index in [4.69, 9.17) is 0 Å². The number of halogens is 1. The molecule has 0 saturated carbocycles. The van der Waals surface area contributed by atoms with Crippen LogP contribution in [0.15, 0.2) is 22.7 Å². The zero-order valence-corrected chi connectivity index (χ0v) is 12.7. The van der Waals surface area contributed by atoms with Gasteiger partial charge in [0.15, 0.2) is 0 Å². The van der Waals surface area contributed by atoms with E-state index in [1.807, 2.05) is 12.1 Å². The number of phenols is 1. The van der Waals surface area contributed by atoms with Gasteiger partial charge in [-0.15, -0.1) is 0 Å². The molecule has 0 aliphatic heterocycles. The molecular formula is C14H22BrNO. The third-order valence-electron chi connectivity index (χ3n) is 3.40. The van der Waals surface area contributed by atoms with Gasteiger partial charge in [-0.1, -0.05) is 36.2 Å². The molecule has 3 heteroatoms. The molecular weight excluding hydrogens is 278 g/mol. The van der Waals surface area contributed by atoms with Crippen LogP contribution in [-0.4, -0.2) is 23.6 Å². The molecule has 1 aromatic rings. The van der Waals surface area contributed by atoms with E-state index in [2.05, 4.69) is 48.6 Å². The van der Waals surface area contributed by atoms with Crippen LogP contribution < -0.4 is 0 Å². The number of hydrogen-bond donors (Lipinski definition) is 1. The lowest BCUT2D eigenvalue weighted by Gasteiger charge is -2.28. The van der Waals surface area contributed by atoms with Gasteiger partial charge >= 0.3 is 0 Å². The molecule has 0 bridgehead atoms. The minimum absolute atomic E-state index is 0.224. The van der Waals surface area contributed by atoms with Crippen LogP contribution in [0.3, 0.4) is 0 Å². The van der Waals surface area contributed by atoms with E-state index >= 15 is 0 Å². The van der Waals surface area contributed by atoms with Gasteiger partial charge in [0.2, 0.25) is 0 Å². The highest BCUT2D eigenvalue weighted by Crippen LogP contribution is 2.30. The summed E-state index contributed by atoms with van der Waals surface area (Å²) in [6.07, 6.45) is 1.18. The van der Waals surface area contributed by atoms with Crippen LogP contribution in [-0.2, 0) is 0 Å². The van der Waals surface area contributed by atoms with Crippen molar-refractivity contribution in [2.75, 3.05) is 13.6 Å². The maximum Gasteiger partial charge on any atom is 0.120 e. The quantitative estimate of drug-likeness (QED) is 0.881. The second-order valence-corrected chi connectivity index (χ2v) is 5.75. The molecule has 1 aromatic carbocycles. The molecule has 17 heavy (non-hydrogen) atoms. The van der Waals surface area contributed by atoms with Crippen LogP contribution in [0, 0.1) is 5.92 Å². The monoisotopic (exact) mass is 299 g/mol. The Morgan fingerprint density at radius 1 is 1.35 bits per heavy atom. The van der Waals surface area contributed by atoms with Gasteiger partial charge in [0.05, 0.1) is 0 Å². The second kappa shape index (κ2) is 6.41. The van der Waals surface area contributed by atoms with Gasteiger partial charge in [0.1, 0.15) is 5.75 Å². The van der Waals surface area contributed by atoms with E-state index < -0.39 is 0 Å². The Hall–Kier alpha value is -0.540. The van der Waals surface area contributed by atoms with Crippen LogP contribution in [0.4, 0.5) is 0 Å². The van der Waals surface area contributed by atoms with Gasteiger partial charge < -0.3 is 5.11 Å². The molecule has 2 nitrogen and oxygen atoms in total. The van der Waals surface area contributed by atoms with Crippen molar-refractivity contribution in [1.82, 2.24) is 4.90 Å². The van der Waals surface area contributed by atoms with Crippen LogP contribution in [0.25, 0.3) is 0 Å². The van der Waals surface area contributed by atoms with E-state index in [0.29, 0.717) is 11.7 Å². The molecule has 2 unspecified atom stereocenters. The van der Waals surface area contributed by atoms with Gasteiger partial charge in [-0.3, -0.25) is 4.90 Å². The van der Waals surface area contributed by atoms with Crippen LogP contribution in [0.5, 0.6) is 5.75 Å². The summed E-state index contributed by atoms with van der Waals surface area (Å²) >= 11 is 3.45. The van der Waals surface area contributed by atoms with E-state index in [9.17, 15) is 5.11 Å². The standard InChI is InChI=1S/C14H22BrNO/c1-5-10(2)9-16(4)11(3)13-8-12(15)6-7-14(13)17/h6-8,10-11,17H,5,9H2,1-4H3. The number of benzene rings is 1. The highest BCUT2D eigenvalue weighted by atomic mass is 79.9. The first-order chi connectivity index (χ1) is 7.95. The predicted octanol–water partition coefficient (Wildman–Crippen LogP) is 4.19. The average Bonchev–Trinajstić information content (AvgIpc) is 2.31. The van der Waals surface area contributed by atoms with E-state index in [-0.39, 0.29) is 6.04 Å². The zero-order chi connectivity index (χ0) is 13.0. The largest absolute Gasteiger partial charge is 0.508 e. The summed E-state index contributed by atoms with van der Waals surface area (Å²) in [6.45, 7) is 7.64. The predicted molar refractivity (Wildman–Crippen MR) is 76.3 cm³/mol. The zero-order valence-electron chi connectivity index (χ0n) is 11.1. The van der Waals surface area contributed by atoms with Gasteiger partial charge in [-0.2, -0.15) is 0 Å². The Morgan fingerprint density at radius 3 is 2.59 bits per heavy atom. The minimum Gasteiger partial charge on any atom is -0.508 e. The number of hydrogen-bond acceptors (Lipinski definition) is 2. The smallest absolute Gasteiger partial charge is 0.120 e. The first kappa shape index (κ1) is 14.5. The van der Waals surface area contributed by atoms with Crippen molar-refractivity contribution in [3.8, 4) is 5.75 Å². The highest BCUT2D eigenvalue weighted by molar-refractivity contribution is 9.10. The van der Waals surface area contributed by atoms with E-state index in [1.54, 1.807) is 6.07 Å². The highest BCUT2D eigenvalue weighted by Gasteiger charge is 2.16. The van der Waals surface area contributed by atoms with Crippen molar-refractivity contribution in [3.05, 3.63) is 28.2 Å². The first-order valence-corrected chi connectivity index (χ1v) is 6.93. The lowest BCUT2D eigenvalue weighted by molar-refractivity contribution is 0.220. The topological polar surface area (TPSA) is 23.5 Å². The van der Waals surface area contributed by atoms with E-state index in [1.165, 1.54) is 6.42 Å². The molecule has 0 amide bonds. The third kappa shape index (κ3) is 4.00. The Bertz CT molecular complexity index is 367. The lowest BCUT2D eigenvalue weighted by atomic mass is 10.0. The number of aromatic hydroxyl groups is 1. The maximum atomic E-state index is 9.90. The molecule has 0 heterocycles. The Morgan fingerprint density at radius 2 is 2.00 bits per heavy atom. The molecule has 2 atom stereocenters. The summed E-state index contributed by atoms with van der Waals surface area (Å²) in [5, 5.41) is 9.90.